The lowest BCUT2D eigenvalue weighted by atomic mass is 9.94. The monoisotopic (exact) mass is 370 g/mol. The van der Waals surface area contributed by atoms with Gasteiger partial charge in [-0.05, 0) is 30.5 Å². The number of halogens is 2. The van der Waals surface area contributed by atoms with Crippen LogP contribution in [0.5, 0.6) is 0 Å². The normalized spacial score (nSPS) is 25.4. The lowest BCUT2D eigenvalue weighted by molar-refractivity contribution is -0.128. The van der Waals surface area contributed by atoms with Gasteiger partial charge in [0, 0.05) is 44.7 Å². The molecule has 0 aliphatic carbocycles. The molecule has 0 bridgehead atoms. The van der Waals surface area contributed by atoms with Gasteiger partial charge in [-0.2, -0.15) is 0 Å². The van der Waals surface area contributed by atoms with Crippen molar-refractivity contribution >= 4 is 17.5 Å². The van der Waals surface area contributed by atoms with Gasteiger partial charge in [0.2, 0.25) is 5.91 Å². The lowest BCUT2D eigenvalue weighted by Gasteiger charge is -2.27. The largest absolute Gasteiger partial charge is 0.381 e. The van der Waals surface area contributed by atoms with Crippen LogP contribution in [0.1, 0.15) is 24.5 Å². The number of benzene rings is 1. The van der Waals surface area contributed by atoms with E-state index < -0.39 is 5.82 Å². The van der Waals surface area contributed by atoms with Gasteiger partial charge < -0.3 is 20.1 Å². The zero-order valence-corrected chi connectivity index (χ0v) is 14.9. The Morgan fingerprint density at radius 2 is 2.12 bits per heavy atom. The molecule has 0 aromatic heterocycles. The highest BCUT2D eigenvalue weighted by molar-refractivity contribution is 6.30. The minimum absolute atomic E-state index is 0.0137. The predicted molar refractivity (Wildman–Crippen MR) is 93.0 cm³/mol. The summed E-state index contributed by atoms with van der Waals surface area (Å²) in [5.41, 5.74) is 0.746. The molecule has 7 heteroatoms. The summed E-state index contributed by atoms with van der Waals surface area (Å²) in [4.78, 5) is 12.4. The molecule has 0 radical (unpaired) electrons. The molecule has 2 atom stereocenters. The second kappa shape index (κ2) is 8.94. The molecule has 2 heterocycles. The first-order valence-electron chi connectivity index (χ1n) is 8.78. The number of nitrogens with one attached hydrogen (secondary N) is 2. The van der Waals surface area contributed by atoms with Gasteiger partial charge in [0.15, 0.2) is 0 Å². The van der Waals surface area contributed by atoms with Crippen molar-refractivity contribution in [3.05, 3.63) is 34.6 Å². The maximum absolute atomic E-state index is 13.8. The molecule has 2 saturated heterocycles. The highest BCUT2D eigenvalue weighted by Crippen LogP contribution is 2.29. The van der Waals surface area contributed by atoms with Crippen LogP contribution in [-0.4, -0.2) is 45.4 Å². The van der Waals surface area contributed by atoms with Crippen molar-refractivity contribution in [3.63, 3.8) is 0 Å². The zero-order valence-electron chi connectivity index (χ0n) is 14.1. The molecule has 1 aromatic rings. The molecule has 2 N–H and O–H groups in total. The van der Waals surface area contributed by atoms with E-state index >= 15 is 0 Å². The second-order valence-electron chi connectivity index (χ2n) is 6.56. The number of carbonyl (C=O) groups is 1. The number of carbonyl (C=O) groups excluding carboxylic acids is 1. The number of ether oxygens (including phenoxy) is 2. The van der Waals surface area contributed by atoms with Crippen molar-refractivity contribution in [2.45, 2.75) is 18.9 Å². The second-order valence-corrected chi connectivity index (χ2v) is 6.97. The molecule has 2 fully saturated rings. The fourth-order valence-electron chi connectivity index (χ4n) is 3.36. The van der Waals surface area contributed by atoms with Crippen molar-refractivity contribution in [1.82, 2.24) is 10.6 Å². The summed E-state index contributed by atoms with van der Waals surface area (Å²) < 4.78 is 25.1. The summed E-state index contributed by atoms with van der Waals surface area (Å²) in [5.74, 6) is -0.356. The fourth-order valence-corrected chi connectivity index (χ4v) is 3.48. The summed E-state index contributed by atoms with van der Waals surface area (Å²) in [7, 11) is 0. The summed E-state index contributed by atoms with van der Waals surface area (Å²) >= 11 is 5.78. The molecule has 0 saturated carbocycles. The lowest BCUT2D eigenvalue weighted by Crippen LogP contribution is -2.40. The Labute approximate surface area is 152 Å². The van der Waals surface area contributed by atoms with Crippen molar-refractivity contribution < 1.29 is 18.7 Å². The molecule has 2 unspecified atom stereocenters. The average molecular weight is 371 g/mol. The Hall–Kier alpha value is -1.21. The quantitative estimate of drug-likeness (QED) is 0.853. The van der Waals surface area contributed by atoms with Crippen LogP contribution < -0.4 is 10.6 Å². The molecule has 2 aliphatic heterocycles. The minimum atomic E-state index is -0.454. The SMILES string of the molecule is O=C(NCC1CNCCOC1c1ccc(Cl)c(F)c1)C1CCOCC1. The first kappa shape index (κ1) is 18.6. The van der Waals surface area contributed by atoms with E-state index in [0.29, 0.717) is 32.9 Å². The highest BCUT2D eigenvalue weighted by atomic mass is 35.5. The first-order valence-corrected chi connectivity index (χ1v) is 9.15. The van der Waals surface area contributed by atoms with Crippen LogP contribution in [0.4, 0.5) is 4.39 Å². The molecule has 25 heavy (non-hydrogen) atoms. The molecule has 138 valence electrons. The first-order chi connectivity index (χ1) is 12.1. The van der Waals surface area contributed by atoms with Crippen molar-refractivity contribution in [2.75, 3.05) is 39.5 Å². The van der Waals surface area contributed by atoms with Gasteiger partial charge >= 0.3 is 0 Å². The Morgan fingerprint density at radius 3 is 2.88 bits per heavy atom. The summed E-state index contributed by atoms with van der Waals surface area (Å²) in [5, 5.41) is 6.45. The summed E-state index contributed by atoms with van der Waals surface area (Å²) in [6.45, 7) is 3.73. The molecular formula is C18H24ClFN2O3. The molecule has 5 nitrogen and oxygen atoms in total. The molecule has 1 aromatic carbocycles. The summed E-state index contributed by atoms with van der Waals surface area (Å²) in [6, 6.07) is 4.76. The van der Waals surface area contributed by atoms with E-state index in [2.05, 4.69) is 10.6 Å². The Bertz CT molecular complexity index is 596. The van der Waals surface area contributed by atoms with E-state index in [-0.39, 0.29) is 28.9 Å². The number of rotatable bonds is 4. The van der Waals surface area contributed by atoms with Crippen molar-refractivity contribution in [2.24, 2.45) is 11.8 Å². The number of amides is 1. The Balaban J connectivity index is 1.65. The van der Waals surface area contributed by atoms with Crippen LogP contribution in [0, 0.1) is 17.7 Å². The summed E-state index contributed by atoms with van der Waals surface area (Å²) in [6.07, 6.45) is 1.24. The van der Waals surface area contributed by atoms with Gasteiger partial charge in [-0.15, -0.1) is 0 Å². The third kappa shape index (κ3) is 4.91. The maximum atomic E-state index is 13.8. The van der Waals surface area contributed by atoms with Crippen molar-refractivity contribution in [1.29, 1.82) is 0 Å². The van der Waals surface area contributed by atoms with Gasteiger partial charge in [-0.25, -0.2) is 4.39 Å². The van der Waals surface area contributed by atoms with Crippen molar-refractivity contribution in [3.8, 4) is 0 Å². The Morgan fingerprint density at radius 1 is 1.32 bits per heavy atom. The highest BCUT2D eigenvalue weighted by Gasteiger charge is 2.28. The standard InChI is InChI=1S/C18H24ClFN2O3/c19-15-2-1-13(9-16(15)20)17-14(10-21-5-8-25-17)11-22-18(23)12-3-6-24-7-4-12/h1-2,9,12,14,17,21H,3-8,10-11H2,(H,22,23). The topological polar surface area (TPSA) is 59.6 Å². The number of hydrogen-bond acceptors (Lipinski definition) is 4. The zero-order chi connectivity index (χ0) is 17.6. The van der Waals surface area contributed by atoms with Crippen LogP contribution in [-0.2, 0) is 14.3 Å². The molecular weight excluding hydrogens is 347 g/mol. The van der Waals surface area contributed by atoms with Crippen LogP contribution in [0.2, 0.25) is 5.02 Å². The third-order valence-electron chi connectivity index (χ3n) is 4.81. The predicted octanol–water partition coefficient (Wildman–Crippen LogP) is 2.30. The van der Waals surface area contributed by atoms with Crippen LogP contribution in [0.25, 0.3) is 0 Å². The number of hydrogen-bond donors (Lipinski definition) is 2. The van der Waals surface area contributed by atoms with Gasteiger partial charge in [-0.1, -0.05) is 17.7 Å². The van der Waals surface area contributed by atoms with Gasteiger partial charge in [0.05, 0.1) is 17.7 Å². The van der Waals surface area contributed by atoms with E-state index in [1.807, 2.05) is 0 Å². The van der Waals surface area contributed by atoms with Crippen LogP contribution in [0.15, 0.2) is 18.2 Å². The Kier molecular flexibility index (Phi) is 6.64. The fraction of sp³-hybridized carbons (Fsp3) is 0.611. The molecule has 0 spiro atoms. The van der Waals surface area contributed by atoms with Gasteiger partial charge in [-0.3, -0.25) is 4.79 Å². The molecule has 3 rings (SSSR count). The van der Waals surface area contributed by atoms with Gasteiger partial charge in [0.1, 0.15) is 5.82 Å². The van der Waals surface area contributed by atoms with Gasteiger partial charge in [0.25, 0.3) is 0 Å². The molecule has 1 amide bonds. The minimum Gasteiger partial charge on any atom is -0.381 e. The van der Waals surface area contributed by atoms with E-state index in [0.717, 1.165) is 24.9 Å². The van der Waals surface area contributed by atoms with E-state index in [1.54, 1.807) is 12.1 Å². The third-order valence-corrected chi connectivity index (χ3v) is 5.12. The van der Waals surface area contributed by atoms with E-state index in [1.165, 1.54) is 6.07 Å². The molecule has 2 aliphatic rings. The smallest absolute Gasteiger partial charge is 0.223 e. The van der Waals surface area contributed by atoms with Crippen LogP contribution in [0.3, 0.4) is 0 Å². The van der Waals surface area contributed by atoms with E-state index in [4.69, 9.17) is 21.1 Å². The van der Waals surface area contributed by atoms with E-state index in [9.17, 15) is 9.18 Å². The average Bonchev–Trinajstić information content (AvgIpc) is 2.88. The van der Waals surface area contributed by atoms with Crippen LogP contribution >= 0.6 is 11.6 Å². The maximum Gasteiger partial charge on any atom is 0.223 e.